The van der Waals surface area contributed by atoms with E-state index in [-0.39, 0.29) is 0 Å². The second-order valence-electron chi connectivity index (χ2n) is 4.15. The number of nitrogens with zero attached hydrogens (tertiary/aromatic N) is 2. The fourth-order valence-corrected chi connectivity index (χ4v) is 3.08. The summed E-state index contributed by atoms with van der Waals surface area (Å²) in [6, 6.07) is 0.469. The zero-order valence-electron chi connectivity index (χ0n) is 11.0. The molecular formula is C12H23N3S2. The molecule has 1 atom stereocenters. The predicted octanol–water partition coefficient (Wildman–Crippen LogP) is 2.35. The van der Waals surface area contributed by atoms with Gasteiger partial charge in [0.25, 0.3) is 0 Å². The zero-order valence-corrected chi connectivity index (χ0v) is 12.6. The SMILES string of the molecule is CCSCCC(CN)N(C)Cc1csc(C)n1. The molecule has 17 heavy (non-hydrogen) atoms. The highest BCUT2D eigenvalue weighted by Gasteiger charge is 2.14. The standard InChI is InChI=1S/C12H23N3S2/c1-4-16-6-5-12(7-13)15(3)8-11-9-17-10(2)14-11/h9,12H,4-8,13H2,1-3H3. The second-order valence-corrected chi connectivity index (χ2v) is 6.60. The van der Waals surface area contributed by atoms with E-state index in [1.54, 1.807) is 11.3 Å². The Hall–Kier alpha value is -0.100. The topological polar surface area (TPSA) is 42.1 Å². The van der Waals surface area contributed by atoms with Gasteiger partial charge >= 0.3 is 0 Å². The number of rotatable bonds is 8. The molecule has 98 valence electrons. The third-order valence-corrected chi connectivity index (χ3v) is 4.53. The van der Waals surface area contributed by atoms with Gasteiger partial charge in [-0.15, -0.1) is 11.3 Å². The van der Waals surface area contributed by atoms with Crippen molar-refractivity contribution in [3.05, 3.63) is 16.1 Å². The van der Waals surface area contributed by atoms with Gasteiger partial charge in [0.15, 0.2) is 0 Å². The van der Waals surface area contributed by atoms with Crippen LogP contribution in [0.4, 0.5) is 0 Å². The summed E-state index contributed by atoms with van der Waals surface area (Å²) >= 11 is 3.70. The number of likely N-dealkylation sites (N-methyl/N-ethyl adjacent to an activating group) is 1. The third kappa shape index (κ3) is 5.38. The average molecular weight is 273 g/mol. The van der Waals surface area contributed by atoms with E-state index >= 15 is 0 Å². The van der Waals surface area contributed by atoms with E-state index in [1.165, 1.54) is 11.5 Å². The van der Waals surface area contributed by atoms with Crippen LogP contribution in [0.3, 0.4) is 0 Å². The van der Waals surface area contributed by atoms with Crippen molar-refractivity contribution in [1.82, 2.24) is 9.88 Å². The van der Waals surface area contributed by atoms with Crippen LogP contribution in [0, 0.1) is 6.92 Å². The molecule has 5 heteroatoms. The first-order valence-corrected chi connectivity index (χ1v) is 8.09. The Bertz CT molecular complexity index is 314. The van der Waals surface area contributed by atoms with Crippen molar-refractivity contribution in [2.45, 2.75) is 32.9 Å². The Balaban J connectivity index is 2.40. The van der Waals surface area contributed by atoms with Crippen LogP contribution in [0.2, 0.25) is 0 Å². The fourth-order valence-electron chi connectivity index (χ4n) is 1.75. The van der Waals surface area contributed by atoms with Gasteiger partial charge in [0.1, 0.15) is 0 Å². The smallest absolute Gasteiger partial charge is 0.0897 e. The molecule has 3 nitrogen and oxygen atoms in total. The van der Waals surface area contributed by atoms with Gasteiger partial charge in [-0.1, -0.05) is 6.92 Å². The number of hydrogen-bond donors (Lipinski definition) is 1. The minimum atomic E-state index is 0.469. The molecule has 0 fully saturated rings. The van der Waals surface area contributed by atoms with Gasteiger partial charge in [-0.3, -0.25) is 4.90 Å². The third-order valence-electron chi connectivity index (χ3n) is 2.77. The highest BCUT2D eigenvalue weighted by molar-refractivity contribution is 7.99. The van der Waals surface area contributed by atoms with E-state index in [1.807, 2.05) is 18.7 Å². The minimum Gasteiger partial charge on any atom is -0.329 e. The highest BCUT2D eigenvalue weighted by atomic mass is 32.2. The van der Waals surface area contributed by atoms with Gasteiger partial charge in [0.05, 0.1) is 10.7 Å². The monoisotopic (exact) mass is 273 g/mol. The van der Waals surface area contributed by atoms with Crippen molar-refractivity contribution in [3.63, 3.8) is 0 Å². The summed E-state index contributed by atoms with van der Waals surface area (Å²) in [5.74, 6) is 2.38. The Morgan fingerprint density at radius 1 is 1.59 bits per heavy atom. The molecule has 0 spiro atoms. The minimum absolute atomic E-state index is 0.469. The van der Waals surface area contributed by atoms with E-state index in [0.29, 0.717) is 6.04 Å². The molecule has 1 unspecified atom stereocenters. The number of thiazole rings is 1. The van der Waals surface area contributed by atoms with Gasteiger partial charge in [-0.05, 0) is 31.9 Å². The van der Waals surface area contributed by atoms with Crippen molar-refractivity contribution in [2.24, 2.45) is 5.73 Å². The maximum Gasteiger partial charge on any atom is 0.0897 e. The van der Waals surface area contributed by atoms with E-state index in [4.69, 9.17) is 5.73 Å². The van der Waals surface area contributed by atoms with Gasteiger partial charge in [0.2, 0.25) is 0 Å². The normalized spacial score (nSPS) is 13.2. The van der Waals surface area contributed by atoms with E-state index in [9.17, 15) is 0 Å². The molecule has 0 saturated carbocycles. The van der Waals surface area contributed by atoms with Gasteiger partial charge in [0, 0.05) is 24.5 Å². The largest absolute Gasteiger partial charge is 0.329 e. The lowest BCUT2D eigenvalue weighted by atomic mass is 10.2. The van der Waals surface area contributed by atoms with Crippen LogP contribution in [-0.4, -0.2) is 41.0 Å². The Kier molecular flexibility index (Phi) is 7.11. The van der Waals surface area contributed by atoms with E-state index in [2.05, 4.69) is 29.2 Å². The molecule has 0 bridgehead atoms. The first-order valence-electron chi connectivity index (χ1n) is 6.06. The van der Waals surface area contributed by atoms with Crippen LogP contribution in [0.25, 0.3) is 0 Å². The van der Waals surface area contributed by atoms with Gasteiger partial charge < -0.3 is 5.73 Å². The molecule has 1 aromatic heterocycles. The molecule has 1 aromatic rings. The number of aryl methyl sites for hydroxylation is 1. The molecule has 0 aliphatic carbocycles. The Morgan fingerprint density at radius 3 is 2.88 bits per heavy atom. The molecule has 2 N–H and O–H groups in total. The number of nitrogens with two attached hydrogens (primary N) is 1. The van der Waals surface area contributed by atoms with Crippen molar-refractivity contribution in [1.29, 1.82) is 0 Å². The summed E-state index contributed by atoms with van der Waals surface area (Å²) in [7, 11) is 2.14. The Morgan fingerprint density at radius 2 is 2.35 bits per heavy atom. The van der Waals surface area contributed by atoms with Crippen molar-refractivity contribution in [2.75, 3.05) is 25.1 Å². The summed E-state index contributed by atoms with van der Waals surface area (Å²) in [6.45, 7) is 5.88. The van der Waals surface area contributed by atoms with Crippen LogP contribution in [0.1, 0.15) is 24.0 Å². The molecule has 0 saturated heterocycles. The lowest BCUT2D eigenvalue weighted by Gasteiger charge is -2.26. The number of aromatic nitrogens is 1. The molecule has 0 radical (unpaired) electrons. The van der Waals surface area contributed by atoms with E-state index < -0.39 is 0 Å². The van der Waals surface area contributed by atoms with Crippen LogP contribution < -0.4 is 5.73 Å². The quantitative estimate of drug-likeness (QED) is 0.738. The summed E-state index contributed by atoms with van der Waals surface area (Å²) in [6.07, 6.45) is 1.16. The van der Waals surface area contributed by atoms with Gasteiger partial charge in [-0.25, -0.2) is 4.98 Å². The average Bonchev–Trinajstić information content (AvgIpc) is 2.70. The number of hydrogen-bond acceptors (Lipinski definition) is 5. The second kappa shape index (κ2) is 8.08. The molecule has 0 amide bonds. The first-order chi connectivity index (χ1) is 8.17. The van der Waals surface area contributed by atoms with Crippen LogP contribution in [0.15, 0.2) is 5.38 Å². The zero-order chi connectivity index (χ0) is 12.7. The first kappa shape index (κ1) is 15.0. The van der Waals surface area contributed by atoms with Crippen molar-refractivity contribution < 1.29 is 0 Å². The maximum absolute atomic E-state index is 5.85. The van der Waals surface area contributed by atoms with Crippen molar-refractivity contribution >= 4 is 23.1 Å². The number of thioether (sulfide) groups is 1. The highest BCUT2D eigenvalue weighted by Crippen LogP contribution is 2.13. The summed E-state index contributed by atoms with van der Waals surface area (Å²) in [5.41, 5.74) is 7.01. The van der Waals surface area contributed by atoms with Crippen LogP contribution in [0.5, 0.6) is 0 Å². The predicted molar refractivity (Wildman–Crippen MR) is 78.8 cm³/mol. The van der Waals surface area contributed by atoms with Gasteiger partial charge in [-0.2, -0.15) is 11.8 Å². The van der Waals surface area contributed by atoms with E-state index in [0.717, 1.165) is 30.2 Å². The lowest BCUT2D eigenvalue weighted by molar-refractivity contribution is 0.232. The van der Waals surface area contributed by atoms with Crippen LogP contribution >= 0.6 is 23.1 Å². The lowest BCUT2D eigenvalue weighted by Crippen LogP contribution is -2.38. The van der Waals surface area contributed by atoms with Crippen molar-refractivity contribution in [3.8, 4) is 0 Å². The fraction of sp³-hybridized carbons (Fsp3) is 0.750. The molecule has 1 heterocycles. The van der Waals surface area contributed by atoms with Crippen LogP contribution in [-0.2, 0) is 6.54 Å². The molecule has 0 aromatic carbocycles. The molecule has 0 aliphatic rings. The summed E-state index contributed by atoms with van der Waals surface area (Å²) < 4.78 is 0. The Labute approximate surface area is 113 Å². The molecule has 0 aliphatic heterocycles. The summed E-state index contributed by atoms with van der Waals surface area (Å²) in [4.78, 5) is 6.82. The molecular weight excluding hydrogens is 250 g/mol. The molecule has 1 rings (SSSR count). The summed E-state index contributed by atoms with van der Waals surface area (Å²) in [5, 5.41) is 3.28. The maximum atomic E-state index is 5.85.